The second-order valence-corrected chi connectivity index (χ2v) is 5.99. The van der Waals surface area contributed by atoms with Gasteiger partial charge in [-0.2, -0.15) is 0 Å². The molecule has 1 heterocycles. The maximum Gasteiger partial charge on any atom is 0.142 e. The Hall–Kier alpha value is -0.680. The van der Waals surface area contributed by atoms with Crippen molar-refractivity contribution in [2.24, 2.45) is 0 Å². The summed E-state index contributed by atoms with van der Waals surface area (Å²) in [6.45, 7) is 1.94. The summed E-state index contributed by atoms with van der Waals surface area (Å²) in [7, 11) is 1.64. The van der Waals surface area contributed by atoms with E-state index in [1.807, 2.05) is 31.2 Å². The summed E-state index contributed by atoms with van der Waals surface area (Å²) >= 11 is 15.9. The van der Waals surface area contributed by atoms with Gasteiger partial charge in [-0.25, -0.2) is 9.97 Å². The van der Waals surface area contributed by atoms with Crippen LogP contribution in [0, 0.1) is 0 Å². The Morgan fingerprint density at radius 1 is 1.25 bits per heavy atom. The molecule has 0 aliphatic heterocycles. The zero-order valence-corrected chi connectivity index (χ0v) is 14.1. The molecule has 1 atom stereocenters. The number of nitrogens with zero attached hydrogens (tertiary/aromatic N) is 2. The molecular weight excluding hydrogens is 363 g/mol. The Bertz CT molecular complexity index is 599. The van der Waals surface area contributed by atoms with Crippen LogP contribution in [0.25, 0.3) is 11.1 Å². The first-order chi connectivity index (χ1) is 9.51. The topological polar surface area (TPSA) is 35.0 Å². The SMILES string of the molecule is COC(C)Cc1nc(Cl)c(-c2cccc(Br)c2)c(Cl)n1. The predicted octanol–water partition coefficient (Wildman–Crippen LogP) is 4.79. The second-order valence-electron chi connectivity index (χ2n) is 4.36. The van der Waals surface area contributed by atoms with E-state index < -0.39 is 0 Å². The lowest BCUT2D eigenvalue weighted by molar-refractivity contribution is 0.117. The van der Waals surface area contributed by atoms with Gasteiger partial charge >= 0.3 is 0 Å². The zero-order valence-electron chi connectivity index (χ0n) is 11.0. The summed E-state index contributed by atoms with van der Waals surface area (Å²) < 4.78 is 6.14. The van der Waals surface area contributed by atoms with Crippen molar-refractivity contribution < 1.29 is 4.74 Å². The third kappa shape index (κ3) is 3.70. The van der Waals surface area contributed by atoms with Crippen LogP contribution in [0.3, 0.4) is 0 Å². The molecule has 0 fully saturated rings. The van der Waals surface area contributed by atoms with Gasteiger partial charge in [-0.1, -0.05) is 51.3 Å². The molecule has 6 heteroatoms. The molecule has 2 rings (SSSR count). The first-order valence-electron chi connectivity index (χ1n) is 6.02. The first-order valence-corrected chi connectivity index (χ1v) is 7.56. The molecule has 0 N–H and O–H groups in total. The molecule has 0 saturated carbocycles. The van der Waals surface area contributed by atoms with Gasteiger partial charge in [-0.3, -0.25) is 0 Å². The minimum absolute atomic E-state index is 0.0128. The molecule has 0 spiro atoms. The molecular formula is C14H13BrCl2N2O. The minimum Gasteiger partial charge on any atom is -0.381 e. The maximum atomic E-state index is 6.26. The summed E-state index contributed by atoms with van der Waals surface area (Å²) in [5, 5.41) is 0.697. The highest BCUT2D eigenvalue weighted by Crippen LogP contribution is 2.33. The van der Waals surface area contributed by atoms with Crippen molar-refractivity contribution in [3.8, 4) is 11.1 Å². The van der Waals surface area contributed by atoms with Gasteiger partial charge in [0.25, 0.3) is 0 Å². The second kappa shape index (κ2) is 6.85. The van der Waals surface area contributed by atoms with E-state index in [4.69, 9.17) is 27.9 Å². The van der Waals surface area contributed by atoms with Crippen LogP contribution in [-0.4, -0.2) is 23.2 Å². The Kier molecular flexibility index (Phi) is 5.38. The molecule has 3 nitrogen and oxygen atoms in total. The predicted molar refractivity (Wildman–Crippen MR) is 85.4 cm³/mol. The number of aromatic nitrogens is 2. The van der Waals surface area contributed by atoms with E-state index in [9.17, 15) is 0 Å². The van der Waals surface area contributed by atoms with Gasteiger partial charge in [0.2, 0.25) is 0 Å². The van der Waals surface area contributed by atoms with Gasteiger partial charge in [0, 0.05) is 18.0 Å². The van der Waals surface area contributed by atoms with Crippen LogP contribution < -0.4 is 0 Å². The number of benzene rings is 1. The number of hydrogen-bond acceptors (Lipinski definition) is 3. The number of halogens is 3. The van der Waals surface area contributed by atoms with Crippen molar-refractivity contribution in [1.29, 1.82) is 0 Å². The Morgan fingerprint density at radius 2 is 1.90 bits per heavy atom. The van der Waals surface area contributed by atoms with Crippen molar-refractivity contribution in [1.82, 2.24) is 9.97 Å². The standard InChI is InChI=1S/C14H13BrCl2N2O/c1-8(20-2)6-11-18-13(16)12(14(17)19-11)9-4-3-5-10(15)7-9/h3-5,7-8H,6H2,1-2H3. The van der Waals surface area contributed by atoms with Gasteiger partial charge in [-0.05, 0) is 24.6 Å². The van der Waals surface area contributed by atoms with Gasteiger partial charge in [0.15, 0.2) is 0 Å². The molecule has 0 saturated heterocycles. The molecule has 2 aromatic rings. The highest BCUT2D eigenvalue weighted by Gasteiger charge is 2.15. The Labute approximate surface area is 136 Å². The van der Waals surface area contributed by atoms with Gasteiger partial charge in [0.05, 0.1) is 11.7 Å². The molecule has 1 aromatic carbocycles. The fraction of sp³-hybridized carbons (Fsp3) is 0.286. The fourth-order valence-corrected chi connectivity index (χ4v) is 2.80. The van der Waals surface area contributed by atoms with E-state index in [-0.39, 0.29) is 6.10 Å². The van der Waals surface area contributed by atoms with Gasteiger partial charge < -0.3 is 4.74 Å². The smallest absolute Gasteiger partial charge is 0.142 e. The van der Waals surface area contributed by atoms with Crippen LogP contribution in [0.15, 0.2) is 28.7 Å². The molecule has 0 radical (unpaired) electrons. The molecule has 1 unspecified atom stereocenters. The molecule has 0 bridgehead atoms. The summed E-state index contributed by atoms with van der Waals surface area (Å²) in [6.07, 6.45) is 0.577. The molecule has 20 heavy (non-hydrogen) atoms. The van der Waals surface area contributed by atoms with Crippen LogP contribution in [0.5, 0.6) is 0 Å². The third-order valence-corrected chi connectivity index (χ3v) is 3.89. The van der Waals surface area contributed by atoms with Crippen LogP contribution in [-0.2, 0) is 11.2 Å². The number of methoxy groups -OCH3 is 1. The van der Waals surface area contributed by atoms with Crippen molar-refractivity contribution in [2.45, 2.75) is 19.4 Å². The lowest BCUT2D eigenvalue weighted by atomic mass is 10.1. The van der Waals surface area contributed by atoms with Crippen LogP contribution >= 0.6 is 39.1 Å². The Balaban J connectivity index is 2.41. The summed E-state index contributed by atoms with van der Waals surface area (Å²) in [6, 6.07) is 7.68. The molecule has 106 valence electrons. The third-order valence-electron chi connectivity index (χ3n) is 2.85. The number of hydrogen-bond donors (Lipinski definition) is 0. The van der Waals surface area contributed by atoms with Crippen LogP contribution in [0.2, 0.25) is 10.3 Å². The van der Waals surface area contributed by atoms with Gasteiger partial charge in [0.1, 0.15) is 16.1 Å². The lowest BCUT2D eigenvalue weighted by Crippen LogP contribution is -2.12. The number of rotatable bonds is 4. The Morgan fingerprint density at radius 3 is 2.45 bits per heavy atom. The van der Waals surface area contributed by atoms with E-state index in [0.717, 1.165) is 10.0 Å². The molecule has 0 aliphatic carbocycles. The zero-order chi connectivity index (χ0) is 14.7. The summed E-state index contributed by atoms with van der Waals surface area (Å²) in [5.41, 5.74) is 1.52. The highest BCUT2D eigenvalue weighted by molar-refractivity contribution is 9.10. The first kappa shape index (κ1) is 15.7. The van der Waals surface area contributed by atoms with E-state index in [1.165, 1.54) is 0 Å². The number of ether oxygens (including phenoxy) is 1. The average molecular weight is 376 g/mol. The van der Waals surface area contributed by atoms with Crippen molar-refractivity contribution in [3.05, 3.63) is 44.9 Å². The monoisotopic (exact) mass is 374 g/mol. The van der Waals surface area contributed by atoms with E-state index >= 15 is 0 Å². The quantitative estimate of drug-likeness (QED) is 0.720. The van der Waals surface area contributed by atoms with Crippen molar-refractivity contribution in [2.75, 3.05) is 7.11 Å². The maximum absolute atomic E-state index is 6.26. The normalized spacial score (nSPS) is 12.4. The largest absolute Gasteiger partial charge is 0.381 e. The molecule has 0 amide bonds. The van der Waals surface area contributed by atoms with Crippen molar-refractivity contribution >= 4 is 39.1 Å². The highest BCUT2D eigenvalue weighted by atomic mass is 79.9. The van der Waals surface area contributed by atoms with E-state index in [1.54, 1.807) is 7.11 Å². The van der Waals surface area contributed by atoms with Crippen LogP contribution in [0.4, 0.5) is 0 Å². The van der Waals surface area contributed by atoms with E-state index in [2.05, 4.69) is 25.9 Å². The summed E-state index contributed by atoms with van der Waals surface area (Å²) in [5.74, 6) is 0.577. The van der Waals surface area contributed by atoms with Crippen LogP contribution in [0.1, 0.15) is 12.7 Å². The van der Waals surface area contributed by atoms with Crippen molar-refractivity contribution in [3.63, 3.8) is 0 Å². The lowest BCUT2D eigenvalue weighted by Gasteiger charge is -2.11. The van der Waals surface area contributed by atoms with E-state index in [0.29, 0.717) is 28.1 Å². The molecule has 0 aliphatic rings. The summed E-state index contributed by atoms with van der Waals surface area (Å²) in [4.78, 5) is 8.61. The van der Waals surface area contributed by atoms with Gasteiger partial charge in [-0.15, -0.1) is 0 Å². The minimum atomic E-state index is 0.0128. The molecule has 1 aromatic heterocycles. The fourth-order valence-electron chi connectivity index (χ4n) is 1.76. The average Bonchev–Trinajstić information content (AvgIpc) is 2.37.